The lowest BCUT2D eigenvalue weighted by Gasteiger charge is -2.02. The van der Waals surface area contributed by atoms with Crippen molar-refractivity contribution in [3.05, 3.63) is 29.5 Å². The second-order valence-corrected chi connectivity index (χ2v) is 2.73. The van der Waals surface area contributed by atoms with E-state index in [1.807, 2.05) is 25.1 Å². The summed E-state index contributed by atoms with van der Waals surface area (Å²) in [6.45, 7) is 2.51. The highest BCUT2D eigenvalue weighted by Gasteiger charge is 1.98. The summed E-state index contributed by atoms with van der Waals surface area (Å²) in [7, 11) is 1.62. The number of hydrogen-bond acceptors (Lipinski definition) is 3. The number of nitrogens with two attached hydrogens (primary N) is 1. The molecule has 70 valence electrons. The van der Waals surface area contributed by atoms with Gasteiger partial charge in [0.2, 0.25) is 5.88 Å². The third-order valence-corrected chi connectivity index (χ3v) is 1.69. The maximum Gasteiger partial charge on any atom is 0.215 e. The average molecular weight is 178 g/mol. The molecule has 0 radical (unpaired) electrons. The molecule has 0 aliphatic carbocycles. The van der Waals surface area contributed by atoms with Gasteiger partial charge in [-0.05, 0) is 18.6 Å². The van der Waals surface area contributed by atoms with E-state index in [9.17, 15) is 0 Å². The van der Waals surface area contributed by atoms with Crippen LogP contribution < -0.4 is 10.5 Å². The van der Waals surface area contributed by atoms with Crippen LogP contribution in [0.3, 0.4) is 0 Å². The molecule has 0 aliphatic rings. The van der Waals surface area contributed by atoms with Crippen LogP contribution in [0.2, 0.25) is 0 Å². The minimum Gasteiger partial charge on any atom is -0.481 e. The Morgan fingerprint density at radius 3 is 2.92 bits per heavy atom. The van der Waals surface area contributed by atoms with E-state index in [-0.39, 0.29) is 0 Å². The molecular formula is C10H14N2O. The van der Waals surface area contributed by atoms with Gasteiger partial charge in [0.05, 0.1) is 7.11 Å². The van der Waals surface area contributed by atoms with Gasteiger partial charge >= 0.3 is 0 Å². The monoisotopic (exact) mass is 178 g/mol. The molecule has 0 saturated carbocycles. The number of aromatic nitrogens is 1. The number of hydrogen-bond donors (Lipinski definition) is 1. The van der Waals surface area contributed by atoms with E-state index in [1.54, 1.807) is 13.3 Å². The number of pyridine rings is 1. The lowest BCUT2D eigenvalue weighted by atomic mass is 10.2. The molecule has 1 rings (SSSR count). The first-order valence-corrected chi connectivity index (χ1v) is 4.15. The van der Waals surface area contributed by atoms with Crippen LogP contribution >= 0.6 is 0 Å². The summed E-state index contributed by atoms with van der Waals surface area (Å²) in [6, 6.07) is 2.01. The van der Waals surface area contributed by atoms with Crippen molar-refractivity contribution in [1.29, 1.82) is 0 Å². The van der Waals surface area contributed by atoms with E-state index >= 15 is 0 Å². The molecular weight excluding hydrogens is 164 g/mol. The van der Waals surface area contributed by atoms with E-state index in [2.05, 4.69) is 4.98 Å². The zero-order valence-corrected chi connectivity index (χ0v) is 7.95. The number of methoxy groups -OCH3 is 1. The molecule has 3 heteroatoms. The molecule has 0 atom stereocenters. The minimum atomic E-state index is 0.547. The van der Waals surface area contributed by atoms with Crippen LogP contribution in [-0.4, -0.2) is 18.6 Å². The summed E-state index contributed by atoms with van der Waals surface area (Å²) < 4.78 is 5.04. The lowest BCUT2D eigenvalue weighted by molar-refractivity contribution is 0.394. The molecule has 0 amide bonds. The third-order valence-electron chi connectivity index (χ3n) is 1.69. The van der Waals surface area contributed by atoms with Gasteiger partial charge in [0.15, 0.2) is 0 Å². The van der Waals surface area contributed by atoms with Crippen LogP contribution in [-0.2, 0) is 0 Å². The van der Waals surface area contributed by atoms with Gasteiger partial charge in [-0.3, -0.25) is 0 Å². The fourth-order valence-electron chi connectivity index (χ4n) is 1.09. The largest absolute Gasteiger partial charge is 0.481 e. The van der Waals surface area contributed by atoms with Crippen LogP contribution in [0.25, 0.3) is 6.08 Å². The second-order valence-electron chi connectivity index (χ2n) is 2.73. The summed E-state index contributed by atoms with van der Waals surface area (Å²) in [4.78, 5) is 4.14. The van der Waals surface area contributed by atoms with Gasteiger partial charge in [-0.25, -0.2) is 4.98 Å². The summed E-state index contributed by atoms with van der Waals surface area (Å²) in [5, 5.41) is 0. The first-order valence-electron chi connectivity index (χ1n) is 4.15. The Morgan fingerprint density at radius 1 is 1.62 bits per heavy atom. The molecule has 1 aromatic rings. The Bertz CT molecular complexity index is 308. The van der Waals surface area contributed by atoms with E-state index < -0.39 is 0 Å². The van der Waals surface area contributed by atoms with Crippen LogP contribution in [0.4, 0.5) is 0 Å². The van der Waals surface area contributed by atoms with E-state index in [0.717, 1.165) is 11.1 Å². The van der Waals surface area contributed by atoms with Crippen molar-refractivity contribution < 1.29 is 4.74 Å². The maximum atomic E-state index is 5.34. The van der Waals surface area contributed by atoms with Gasteiger partial charge in [-0.2, -0.15) is 0 Å². The topological polar surface area (TPSA) is 48.1 Å². The first kappa shape index (κ1) is 9.74. The molecule has 0 fully saturated rings. The standard InChI is InChI=1S/C10H14N2O/c1-8-6-9(4-3-5-11)7-12-10(8)13-2/h3-4,6-7H,5,11H2,1-2H3. The molecule has 1 heterocycles. The predicted octanol–water partition coefficient (Wildman–Crippen LogP) is 1.37. The van der Waals surface area contributed by atoms with Crippen molar-refractivity contribution in [1.82, 2.24) is 4.98 Å². The second kappa shape index (κ2) is 4.62. The molecule has 13 heavy (non-hydrogen) atoms. The molecule has 0 saturated heterocycles. The first-order chi connectivity index (χ1) is 6.27. The average Bonchev–Trinajstić information content (AvgIpc) is 2.15. The number of nitrogens with zero attached hydrogens (tertiary/aromatic N) is 1. The Kier molecular flexibility index (Phi) is 3.46. The highest BCUT2D eigenvalue weighted by atomic mass is 16.5. The van der Waals surface area contributed by atoms with Crippen LogP contribution in [0.5, 0.6) is 5.88 Å². The van der Waals surface area contributed by atoms with Gasteiger partial charge in [0.25, 0.3) is 0 Å². The highest BCUT2D eigenvalue weighted by Crippen LogP contribution is 2.15. The van der Waals surface area contributed by atoms with Crippen molar-refractivity contribution in [2.24, 2.45) is 5.73 Å². The summed E-state index contributed by atoms with van der Waals surface area (Å²) >= 11 is 0. The molecule has 0 bridgehead atoms. The number of aryl methyl sites for hydroxylation is 1. The van der Waals surface area contributed by atoms with Crippen molar-refractivity contribution >= 4 is 6.08 Å². The molecule has 2 N–H and O–H groups in total. The smallest absolute Gasteiger partial charge is 0.215 e. The highest BCUT2D eigenvalue weighted by molar-refractivity contribution is 5.50. The van der Waals surface area contributed by atoms with Gasteiger partial charge in [0.1, 0.15) is 0 Å². The SMILES string of the molecule is COc1ncc(C=CCN)cc1C. The van der Waals surface area contributed by atoms with Crippen LogP contribution in [0, 0.1) is 6.92 Å². The van der Waals surface area contributed by atoms with Crippen molar-refractivity contribution in [2.45, 2.75) is 6.92 Å². The molecule has 0 spiro atoms. The van der Waals surface area contributed by atoms with Gasteiger partial charge in [-0.15, -0.1) is 0 Å². The zero-order chi connectivity index (χ0) is 9.68. The third kappa shape index (κ3) is 2.56. The van der Waals surface area contributed by atoms with Gasteiger partial charge < -0.3 is 10.5 Å². The normalized spacial score (nSPS) is 10.7. The fourth-order valence-corrected chi connectivity index (χ4v) is 1.09. The minimum absolute atomic E-state index is 0.547. The Hall–Kier alpha value is -1.35. The van der Waals surface area contributed by atoms with Crippen molar-refractivity contribution in [3.63, 3.8) is 0 Å². The fraction of sp³-hybridized carbons (Fsp3) is 0.300. The lowest BCUT2D eigenvalue weighted by Crippen LogP contribution is -1.93. The summed E-state index contributed by atoms with van der Waals surface area (Å²) in [5.74, 6) is 0.671. The van der Waals surface area contributed by atoms with E-state index in [0.29, 0.717) is 12.4 Å². The number of rotatable bonds is 3. The van der Waals surface area contributed by atoms with E-state index in [4.69, 9.17) is 10.5 Å². The van der Waals surface area contributed by atoms with Gasteiger partial charge in [-0.1, -0.05) is 12.2 Å². The maximum absolute atomic E-state index is 5.34. The molecule has 0 unspecified atom stereocenters. The van der Waals surface area contributed by atoms with Crippen LogP contribution in [0.15, 0.2) is 18.3 Å². The number of ether oxygens (including phenoxy) is 1. The Morgan fingerprint density at radius 2 is 2.38 bits per heavy atom. The summed E-state index contributed by atoms with van der Waals surface area (Å²) in [6.07, 6.45) is 5.60. The molecule has 1 aromatic heterocycles. The summed E-state index contributed by atoms with van der Waals surface area (Å²) in [5.41, 5.74) is 7.41. The van der Waals surface area contributed by atoms with Crippen molar-refractivity contribution in [2.75, 3.05) is 13.7 Å². The van der Waals surface area contributed by atoms with Gasteiger partial charge in [0, 0.05) is 18.3 Å². The Balaban J connectivity index is 2.89. The molecule has 3 nitrogen and oxygen atoms in total. The van der Waals surface area contributed by atoms with Crippen molar-refractivity contribution in [3.8, 4) is 5.88 Å². The molecule has 0 aromatic carbocycles. The molecule has 0 aliphatic heterocycles. The zero-order valence-electron chi connectivity index (χ0n) is 7.95. The Labute approximate surface area is 78.2 Å². The predicted molar refractivity (Wildman–Crippen MR) is 53.6 cm³/mol. The quantitative estimate of drug-likeness (QED) is 0.760. The van der Waals surface area contributed by atoms with Crippen LogP contribution in [0.1, 0.15) is 11.1 Å². The van der Waals surface area contributed by atoms with E-state index in [1.165, 1.54) is 0 Å².